The lowest BCUT2D eigenvalue weighted by molar-refractivity contribution is -0.227. The number of benzene rings is 1. The van der Waals surface area contributed by atoms with Crippen LogP contribution in [0.25, 0.3) is 10.9 Å². The van der Waals surface area contributed by atoms with Crippen molar-refractivity contribution in [2.75, 3.05) is 26.4 Å². The van der Waals surface area contributed by atoms with Gasteiger partial charge in [-0.3, -0.25) is 9.78 Å². The average Bonchev–Trinajstić information content (AvgIpc) is 3.25. The Bertz CT molecular complexity index is 1120. The number of carbonyl (C=O) groups excluding carboxylic acids is 1. The quantitative estimate of drug-likeness (QED) is 0.481. The van der Waals surface area contributed by atoms with Crippen LogP contribution in [0.2, 0.25) is 5.02 Å². The number of aromatic nitrogens is 3. The highest BCUT2D eigenvalue weighted by atomic mass is 35.5. The molecule has 1 amide bonds. The summed E-state index contributed by atoms with van der Waals surface area (Å²) >= 11 is 5.95. The monoisotopic (exact) mass is 484 g/mol. The van der Waals surface area contributed by atoms with Crippen molar-refractivity contribution in [2.45, 2.75) is 25.4 Å². The molecule has 1 aliphatic heterocycles. The fourth-order valence-corrected chi connectivity index (χ4v) is 3.11. The predicted octanol–water partition coefficient (Wildman–Crippen LogP) is 3.12. The largest absolute Gasteiger partial charge is 0.447 e. The second-order valence-electron chi connectivity index (χ2n) is 7.14. The van der Waals surface area contributed by atoms with Gasteiger partial charge in [-0.15, -0.1) is 5.10 Å². The first-order valence-electron chi connectivity index (χ1n) is 9.84. The van der Waals surface area contributed by atoms with Crippen LogP contribution in [0.3, 0.4) is 0 Å². The summed E-state index contributed by atoms with van der Waals surface area (Å²) in [6, 6.07) is 6.52. The number of rotatable bonds is 8. The molecule has 3 heterocycles. The summed E-state index contributed by atoms with van der Waals surface area (Å²) < 4.78 is 50.8. The zero-order valence-electron chi connectivity index (χ0n) is 17.3. The maximum atomic E-state index is 12.6. The van der Waals surface area contributed by atoms with Gasteiger partial charge in [-0.2, -0.15) is 8.78 Å². The number of amides is 1. The second kappa shape index (κ2) is 9.91. The number of ether oxygens (including phenoxy) is 4. The predicted molar refractivity (Wildman–Crippen MR) is 109 cm³/mol. The van der Waals surface area contributed by atoms with Crippen LogP contribution >= 0.6 is 11.6 Å². The van der Waals surface area contributed by atoms with Crippen LogP contribution in [-0.2, 0) is 14.2 Å². The Hall–Kier alpha value is -2.93. The molecule has 1 aliphatic rings. The molecule has 13 heteroatoms. The van der Waals surface area contributed by atoms with Gasteiger partial charge in [-0.25, -0.2) is 0 Å². The van der Waals surface area contributed by atoms with Crippen LogP contribution in [0, 0.1) is 0 Å². The summed E-state index contributed by atoms with van der Waals surface area (Å²) in [6.45, 7) is 0.318. The van der Waals surface area contributed by atoms with E-state index in [2.05, 4.69) is 25.2 Å². The summed E-state index contributed by atoms with van der Waals surface area (Å²) in [6.07, 6.45) is -2.97. The minimum Gasteiger partial charge on any atom is -0.447 e. The van der Waals surface area contributed by atoms with Crippen LogP contribution < -0.4 is 10.1 Å². The first kappa shape index (κ1) is 23.2. The molecule has 0 radical (unpaired) electrons. The zero-order chi connectivity index (χ0) is 23.4. The smallest absolute Gasteiger partial charge is 0.414 e. The molecule has 0 spiro atoms. The lowest BCUT2D eigenvalue weighted by atomic mass is 10.1. The molecule has 0 atom stereocenters. The molecule has 0 bridgehead atoms. The third-order valence-corrected chi connectivity index (χ3v) is 4.66. The molecule has 1 fully saturated rings. The molecule has 1 aromatic carbocycles. The molecule has 33 heavy (non-hydrogen) atoms. The zero-order valence-corrected chi connectivity index (χ0v) is 18.1. The number of carbonyl (C=O) groups is 1. The van der Waals surface area contributed by atoms with Crippen molar-refractivity contribution in [3.63, 3.8) is 0 Å². The van der Waals surface area contributed by atoms with E-state index in [9.17, 15) is 13.6 Å². The fourth-order valence-electron chi connectivity index (χ4n) is 2.94. The normalized spacial score (nSPS) is 18.9. The van der Waals surface area contributed by atoms with Crippen molar-refractivity contribution in [1.29, 1.82) is 0 Å². The Labute approximate surface area is 191 Å². The molecule has 2 aromatic heterocycles. The Morgan fingerprint density at radius 2 is 2.03 bits per heavy atom. The number of nitrogens with one attached hydrogen (secondary N) is 1. The van der Waals surface area contributed by atoms with E-state index in [-0.39, 0.29) is 44.3 Å². The summed E-state index contributed by atoms with van der Waals surface area (Å²) in [5.41, 5.74) is 1.07. The van der Waals surface area contributed by atoms with Gasteiger partial charge in [-0.05, 0) is 18.2 Å². The fraction of sp³-hybridized carbons (Fsp3) is 0.400. The molecule has 3 aromatic rings. The van der Waals surface area contributed by atoms with Gasteiger partial charge in [0, 0.05) is 23.5 Å². The van der Waals surface area contributed by atoms with Crippen molar-refractivity contribution in [1.82, 2.24) is 20.5 Å². The van der Waals surface area contributed by atoms with Crippen molar-refractivity contribution in [2.24, 2.45) is 0 Å². The van der Waals surface area contributed by atoms with Gasteiger partial charge in [0.1, 0.15) is 6.61 Å². The maximum absolute atomic E-state index is 12.6. The van der Waals surface area contributed by atoms with Crippen LogP contribution in [0.4, 0.5) is 8.78 Å². The summed E-state index contributed by atoms with van der Waals surface area (Å²) in [7, 11) is 0. The Morgan fingerprint density at radius 3 is 2.79 bits per heavy atom. The van der Waals surface area contributed by atoms with Crippen LogP contribution in [0.15, 0.2) is 34.9 Å². The number of pyridine rings is 1. The van der Waals surface area contributed by atoms with Crippen LogP contribution in [0.5, 0.6) is 6.08 Å². The Kier molecular flexibility index (Phi) is 6.98. The molecule has 1 N–H and O–H groups in total. The topological polar surface area (TPSA) is 118 Å². The van der Waals surface area contributed by atoms with Gasteiger partial charge in [0.2, 0.25) is 6.29 Å². The molecule has 1 saturated heterocycles. The summed E-state index contributed by atoms with van der Waals surface area (Å²) in [5.74, 6) is -0.336. The van der Waals surface area contributed by atoms with E-state index in [0.29, 0.717) is 23.0 Å². The van der Waals surface area contributed by atoms with Gasteiger partial charge in [0.25, 0.3) is 11.8 Å². The lowest BCUT2D eigenvalue weighted by Gasteiger charge is -2.27. The molecular formula is C20H19ClF2N4O6. The number of hydrogen-bond acceptors (Lipinski definition) is 9. The number of fused-ring (bicyclic) bond motifs is 1. The van der Waals surface area contributed by atoms with Crippen molar-refractivity contribution in [3.05, 3.63) is 46.9 Å². The van der Waals surface area contributed by atoms with Gasteiger partial charge < -0.3 is 28.7 Å². The first-order chi connectivity index (χ1) is 15.8. The minimum absolute atomic E-state index is 0.00564. The molecule has 176 valence electrons. The first-order valence-corrected chi connectivity index (χ1v) is 10.2. The maximum Gasteiger partial charge on any atom is 0.414 e. The average molecular weight is 485 g/mol. The van der Waals surface area contributed by atoms with E-state index in [0.717, 1.165) is 5.39 Å². The van der Waals surface area contributed by atoms with E-state index >= 15 is 0 Å². The lowest BCUT2D eigenvalue weighted by Crippen LogP contribution is -2.45. The Morgan fingerprint density at radius 1 is 1.24 bits per heavy atom. The highest BCUT2D eigenvalue weighted by molar-refractivity contribution is 6.31. The van der Waals surface area contributed by atoms with Crippen molar-refractivity contribution < 1.29 is 36.9 Å². The van der Waals surface area contributed by atoms with E-state index in [1.165, 1.54) is 6.20 Å². The second-order valence-corrected chi connectivity index (χ2v) is 7.58. The van der Waals surface area contributed by atoms with Gasteiger partial charge in [-0.1, -0.05) is 22.8 Å². The summed E-state index contributed by atoms with van der Waals surface area (Å²) in [5, 5.41) is 11.5. The number of halogens is 3. The van der Waals surface area contributed by atoms with E-state index in [1.807, 2.05) is 0 Å². The van der Waals surface area contributed by atoms with Crippen LogP contribution in [0.1, 0.15) is 29.5 Å². The third kappa shape index (κ3) is 6.32. The highest BCUT2D eigenvalue weighted by Gasteiger charge is 2.29. The number of hydrogen-bond donors (Lipinski definition) is 1. The van der Waals surface area contributed by atoms with Crippen LogP contribution in [-0.4, -0.2) is 59.7 Å². The number of alkyl halides is 2. The van der Waals surface area contributed by atoms with E-state index in [4.69, 9.17) is 30.2 Å². The molecule has 0 saturated carbocycles. The SMILES string of the molecule is CC(F)(F)OCCOc1nnc(C2OCC(NC(=O)c3cnc4cc(Cl)ccc4c3)CO2)o1. The number of nitrogens with zero attached hydrogens (tertiary/aromatic N) is 3. The van der Waals surface area contributed by atoms with Gasteiger partial charge in [0.05, 0.1) is 36.9 Å². The summed E-state index contributed by atoms with van der Waals surface area (Å²) in [4.78, 5) is 16.8. The van der Waals surface area contributed by atoms with Gasteiger partial charge >= 0.3 is 12.2 Å². The van der Waals surface area contributed by atoms with Gasteiger partial charge in [0.15, 0.2) is 0 Å². The minimum atomic E-state index is -3.25. The molecule has 4 rings (SSSR count). The standard InChI is InChI=1S/C20H19ClF2N4O6/c1-20(22,23)32-5-4-29-19-27-26-17(33-19)18-30-9-14(10-31-18)25-16(28)12-6-11-2-3-13(21)7-15(11)24-8-12/h2-3,6-8,14,18H,4-5,9-10H2,1H3,(H,25,28). The Balaban J connectivity index is 1.25. The molecular weight excluding hydrogens is 466 g/mol. The molecule has 0 unspecified atom stereocenters. The van der Waals surface area contributed by atoms with Crippen molar-refractivity contribution >= 4 is 28.4 Å². The van der Waals surface area contributed by atoms with Crippen molar-refractivity contribution in [3.8, 4) is 6.08 Å². The van der Waals surface area contributed by atoms with E-state index in [1.54, 1.807) is 24.3 Å². The van der Waals surface area contributed by atoms with E-state index < -0.39 is 18.4 Å². The third-order valence-electron chi connectivity index (χ3n) is 4.43. The highest BCUT2D eigenvalue weighted by Crippen LogP contribution is 2.24. The molecule has 10 nitrogen and oxygen atoms in total. The molecule has 0 aliphatic carbocycles.